The molecule has 2 aromatic rings. The van der Waals surface area contributed by atoms with Crippen molar-refractivity contribution in [3.63, 3.8) is 0 Å². The highest BCUT2D eigenvalue weighted by atomic mass is 32.2. The fraction of sp³-hybridized carbons (Fsp3) is 0.200. The molecule has 0 spiro atoms. The molecule has 1 heterocycles. The highest BCUT2D eigenvalue weighted by Crippen LogP contribution is 2.29. The van der Waals surface area contributed by atoms with Crippen LogP contribution in [0.5, 0.6) is 5.88 Å². The van der Waals surface area contributed by atoms with Crippen LogP contribution < -0.4 is 15.8 Å². The minimum Gasteiger partial charge on any atom is -0.478 e. The van der Waals surface area contributed by atoms with E-state index in [9.17, 15) is 0 Å². The minimum absolute atomic E-state index is 0.376. The lowest BCUT2D eigenvalue weighted by Crippen LogP contribution is -2.13. The van der Waals surface area contributed by atoms with Gasteiger partial charge in [-0.2, -0.15) is 0 Å². The molecule has 0 aliphatic rings. The van der Waals surface area contributed by atoms with Crippen LogP contribution in [0.3, 0.4) is 0 Å². The van der Waals surface area contributed by atoms with Gasteiger partial charge in [0.05, 0.1) is 18.5 Å². The first-order valence-electron chi connectivity index (χ1n) is 6.48. The normalized spacial score (nSPS) is 10.2. The van der Waals surface area contributed by atoms with Gasteiger partial charge < -0.3 is 15.8 Å². The van der Waals surface area contributed by atoms with E-state index in [1.165, 1.54) is 0 Å². The van der Waals surface area contributed by atoms with Crippen LogP contribution in [-0.2, 0) is 0 Å². The summed E-state index contributed by atoms with van der Waals surface area (Å²) in [7, 11) is 0. The second-order valence-corrected chi connectivity index (χ2v) is 5.48. The first-order chi connectivity index (χ1) is 10.2. The predicted molar refractivity (Wildman–Crippen MR) is 92.8 cm³/mol. The lowest BCUT2D eigenvalue weighted by atomic mass is 10.1. The molecular weight excluding hydrogens is 302 g/mol. The number of pyridine rings is 1. The maximum Gasteiger partial charge on any atom is 0.213 e. The maximum atomic E-state index is 5.85. The summed E-state index contributed by atoms with van der Waals surface area (Å²) >= 11 is 6.78. The number of benzene rings is 1. The smallest absolute Gasteiger partial charge is 0.213 e. The zero-order chi connectivity index (χ0) is 15.2. The third-order valence-electron chi connectivity index (χ3n) is 2.80. The van der Waals surface area contributed by atoms with Crippen LogP contribution in [0.25, 0.3) is 0 Å². The van der Waals surface area contributed by atoms with Crippen molar-refractivity contribution in [1.29, 1.82) is 0 Å². The second kappa shape index (κ2) is 7.28. The highest BCUT2D eigenvalue weighted by Gasteiger charge is 2.11. The average Bonchev–Trinajstić information content (AvgIpc) is 2.49. The van der Waals surface area contributed by atoms with Gasteiger partial charge in [0.25, 0.3) is 0 Å². The molecule has 0 fully saturated rings. The number of hydrogen-bond donors (Lipinski definition) is 2. The molecule has 21 heavy (non-hydrogen) atoms. The van der Waals surface area contributed by atoms with Gasteiger partial charge in [-0.05, 0) is 31.4 Å². The summed E-state index contributed by atoms with van der Waals surface area (Å²) in [6.45, 7) is 2.53. The van der Waals surface area contributed by atoms with Gasteiger partial charge in [-0.25, -0.2) is 4.98 Å². The van der Waals surface area contributed by atoms with Crippen LogP contribution in [0.1, 0.15) is 12.5 Å². The van der Waals surface area contributed by atoms with Crippen LogP contribution in [0, 0.1) is 0 Å². The Balaban J connectivity index is 2.28. The summed E-state index contributed by atoms with van der Waals surface area (Å²) in [5, 5.41) is 3.30. The van der Waals surface area contributed by atoms with Crippen LogP contribution in [-0.4, -0.2) is 22.8 Å². The standard InChI is InChI=1S/C15H17N3OS2/c1-3-19-13-8-7-10(9-17-13)18-11-5-4-6-12(21-2)14(11)15(16)20/h4-9,18H,3H2,1-2H3,(H2,16,20). The Hall–Kier alpha value is -1.79. The third kappa shape index (κ3) is 3.86. The molecule has 0 radical (unpaired) electrons. The largest absolute Gasteiger partial charge is 0.478 e. The van der Waals surface area contributed by atoms with Gasteiger partial charge >= 0.3 is 0 Å². The molecular formula is C15H17N3OS2. The van der Waals surface area contributed by atoms with E-state index in [4.69, 9.17) is 22.7 Å². The number of anilines is 2. The predicted octanol–water partition coefficient (Wildman–Crippen LogP) is 3.58. The summed E-state index contributed by atoms with van der Waals surface area (Å²) in [4.78, 5) is 5.65. The molecule has 4 nitrogen and oxygen atoms in total. The van der Waals surface area contributed by atoms with Gasteiger partial charge in [0.1, 0.15) is 4.99 Å². The Morgan fingerprint density at radius 2 is 2.19 bits per heavy atom. The molecule has 110 valence electrons. The summed E-state index contributed by atoms with van der Waals surface area (Å²) in [5.41, 5.74) is 8.44. The van der Waals surface area contributed by atoms with Gasteiger partial charge in [0.2, 0.25) is 5.88 Å². The number of rotatable bonds is 6. The van der Waals surface area contributed by atoms with Gasteiger partial charge in [-0.3, -0.25) is 0 Å². The molecule has 3 N–H and O–H groups in total. The average molecular weight is 319 g/mol. The molecule has 0 amide bonds. The van der Waals surface area contributed by atoms with E-state index in [-0.39, 0.29) is 0 Å². The number of aromatic nitrogens is 1. The van der Waals surface area contributed by atoms with Crippen LogP contribution in [0.2, 0.25) is 0 Å². The fourth-order valence-electron chi connectivity index (χ4n) is 1.90. The van der Waals surface area contributed by atoms with Gasteiger partial charge in [-0.15, -0.1) is 11.8 Å². The van der Waals surface area contributed by atoms with E-state index in [1.54, 1.807) is 18.0 Å². The monoisotopic (exact) mass is 319 g/mol. The van der Waals surface area contributed by atoms with Gasteiger partial charge in [-0.1, -0.05) is 18.3 Å². The summed E-state index contributed by atoms with van der Waals surface area (Å²) < 4.78 is 5.33. The quantitative estimate of drug-likeness (QED) is 0.627. The van der Waals surface area contributed by atoms with Crippen molar-refractivity contribution in [3.8, 4) is 5.88 Å². The Kier molecular flexibility index (Phi) is 5.41. The molecule has 0 unspecified atom stereocenters. The molecule has 2 rings (SSSR count). The Morgan fingerprint density at radius 1 is 1.38 bits per heavy atom. The molecule has 0 atom stereocenters. The molecule has 0 aliphatic carbocycles. The lowest BCUT2D eigenvalue weighted by molar-refractivity contribution is 0.327. The fourth-order valence-corrected chi connectivity index (χ4v) is 2.83. The van der Waals surface area contributed by atoms with Crippen molar-refractivity contribution < 1.29 is 4.74 Å². The Labute approximate surface area is 134 Å². The van der Waals surface area contributed by atoms with Crippen molar-refractivity contribution in [2.75, 3.05) is 18.2 Å². The zero-order valence-electron chi connectivity index (χ0n) is 11.9. The number of ether oxygens (including phenoxy) is 1. The van der Waals surface area contributed by atoms with Crippen molar-refractivity contribution in [1.82, 2.24) is 4.98 Å². The molecule has 1 aromatic heterocycles. The summed E-state index contributed by atoms with van der Waals surface area (Å²) in [6.07, 6.45) is 3.72. The van der Waals surface area contributed by atoms with E-state index < -0.39 is 0 Å². The SMILES string of the molecule is CCOc1ccc(Nc2cccc(SC)c2C(N)=S)cn1. The van der Waals surface area contributed by atoms with E-state index in [1.807, 2.05) is 43.5 Å². The van der Waals surface area contributed by atoms with Crippen LogP contribution in [0.15, 0.2) is 41.4 Å². The number of nitrogens with zero attached hydrogens (tertiary/aromatic N) is 1. The maximum absolute atomic E-state index is 5.85. The van der Waals surface area contributed by atoms with E-state index in [0.717, 1.165) is 21.8 Å². The van der Waals surface area contributed by atoms with Gasteiger partial charge in [0, 0.05) is 22.2 Å². The lowest BCUT2D eigenvalue weighted by Gasteiger charge is -2.14. The number of thioether (sulfide) groups is 1. The van der Waals surface area contributed by atoms with Crippen molar-refractivity contribution >= 4 is 40.3 Å². The molecule has 1 aromatic carbocycles. The number of thiocarbonyl (C=S) groups is 1. The minimum atomic E-state index is 0.376. The van der Waals surface area contributed by atoms with Crippen molar-refractivity contribution in [2.45, 2.75) is 11.8 Å². The van der Waals surface area contributed by atoms with E-state index in [2.05, 4.69) is 10.3 Å². The first kappa shape index (κ1) is 15.6. The number of nitrogens with two attached hydrogens (primary N) is 1. The molecule has 0 bridgehead atoms. The van der Waals surface area contributed by atoms with E-state index >= 15 is 0 Å². The molecule has 6 heteroatoms. The highest BCUT2D eigenvalue weighted by molar-refractivity contribution is 7.98. The van der Waals surface area contributed by atoms with Crippen molar-refractivity contribution in [2.24, 2.45) is 5.73 Å². The van der Waals surface area contributed by atoms with Gasteiger partial charge in [0.15, 0.2) is 0 Å². The molecule has 0 aliphatic heterocycles. The molecule has 0 saturated heterocycles. The first-order valence-corrected chi connectivity index (χ1v) is 8.11. The van der Waals surface area contributed by atoms with E-state index in [0.29, 0.717) is 17.5 Å². The third-order valence-corrected chi connectivity index (χ3v) is 3.78. The Bertz CT molecular complexity index is 629. The van der Waals surface area contributed by atoms with Crippen LogP contribution in [0.4, 0.5) is 11.4 Å². The molecule has 0 saturated carbocycles. The topological polar surface area (TPSA) is 60.2 Å². The summed E-state index contributed by atoms with van der Waals surface area (Å²) in [6, 6.07) is 9.65. The Morgan fingerprint density at radius 3 is 2.76 bits per heavy atom. The number of nitrogens with one attached hydrogen (secondary N) is 1. The van der Waals surface area contributed by atoms with Crippen LogP contribution >= 0.6 is 24.0 Å². The van der Waals surface area contributed by atoms with Crippen molar-refractivity contribution in [3.05, 3.63) is 42.1 Å². The number of hydrogen-bond acceptors (Lipinski definition) is 5. The summed E-state index contributed by atoms with van der Waals surface area (Å²) in [5.74, 6) is 0.607. The second-order valence-electron chi connectivity index (χ2n) is 4.19. The zero-order valence-corrected chi connectivity index (χ0v) is 13.6.